The van der Waals surface area contributed by atoms with Crippen molar-refractivity contribution in [3.8, 4) is 11.5 Å². The van der Waals surface area contributed by atoms with Crippen LogP contribution in [0.25, 0.3) is 0 Å². The first-order chi connectivity index (χ1) is 21.8. The molecule has 5 rings (SSSR count). The molecule has 3 aromatic rings. The van der Waals surface area contributed by atoms with Crippen LogP contribution >= 0.6 is 14.7 Å². The fourth-order valence-corrected chi connectivity index (χ4v) is 12.4. The highest BCUT2D eigenvalue weighted by Gasteiger charge is 2.44. The molecule has 0 unspecified atom stereocenters. The summed E-state index contributed by atoms with van der Waals surface area (Å²) in [6.45, 7) is 13.1. The molecular formula is C38H52O6P2. The Bertz CT molecular complexity index is 1440. The Kier molecular flexibility index (Phi) is 10.9. The SMILES string of the molecule is CC(C)[C@@H]1CC[C@@H](C)C[C@H]1O[P@@](=O)(c1ccccc1)c1cc(O)c([P@@](=O)(O[C@@H]2C[C@H](C)CC[C@H]2C(C)C)c2ccccc2)cc1O. The van der Waals surface area contributed by atoms with Gasteiger partial charge in [0.05, 0.1) is 22.8 Å². The van der Waals surface area contributed by atoms with Gasteiger partial charge >= 0.3 is 0 Å². The first-order valence-electron chi connectivity index (χ1n) is 17.1. The van der Waals surface area contributed by atoms with Crippen molar-refractivity contribution < 1.29 is 28.4 Å². The molecule has 0 spiro atoms. The van der Waals surface area contributed by atoms with Gasteiger partial charge < -0.3 is 19.3 Å². The monoisotopic (exact) mass is 666 g/mol. The van der Waals surface area contributed by atoms with Gasteiger partial charge in [-0.3, -0.25) is 9.13 Å². The lowest BCUT2D eigenvalue weighted by Gasteiger charge is -2.39. The van der Waals surface area contributed by atoms with Gasteiger partial charge in [-0.1, -0.05) is 90.8 Å². The Labute approximate surface area is 275 Å². The number of benzene rings is 3. The fraction of sp³-hybridized carbons (Fsp3) is 0.526. The third-order valence-electron chi connectivity index (χ3n) is 10.4. The van der Waals surface area contributed by atoms with E-state index in [1.54, 1.807) is 48.5 Å². The Morgan fingerprint density at radius 2 is 0.957 bits per heavy atom. The van der Waals surface area contributed by atoms with Crippen molar-refractivity contribution in [1.29, 1.82) is 0 Å². The first kappa shape index (κ1) is 35.0. The normalized spacial score (nSPS) is 28.1. The number of phenolic OH excluding ortho intramolecular Hbond substituents is 2. The molecule has 0 aromatic heterocycles. The van der Waals surface area contributed by atoms with E-state index >= 15 is 9.13 Å². The number of hydrogen-bond donors (Lipinski definition) is 2. The predicted molar refractivity (Wildman–Crippen MR) is 189 cm³/mol. The maximum absolute atomic E-state index is 15.2. The van der Waals surface area contributed by atoms with E-state index in [0.717, 1.165) is 38.5 Å². The van der Waals surface area contributed by atoms with Crippen LogP contribution in [-0.4, -0.2) is 22.4 Å². The highest BCUT2D eigenvalue weighted by atomic mass is 31.2. The summed E-state index contributed by atoms with van der Waals surface area (Å²) in [4.78, 5) is 0. The molecule has 2 N–H and O–H groups in total. The quantitative estimate of drug-likeness (QED) is 0.167. The zero-order chi connectivity index (χ0) is 33.2. The minimum Gasteiger partial charge on any atom is -0.507 e. The van der Waals surface area contributed by atoms with Crippen molar-refractivity contribution in [2.24, 2.45) is 35.5 Å². The summed E-state index contributed by atoms with van der Waals surface area (Å²) in [5.41, 5.74) is 0. The van der Waals surface area contributed by atoms with E-state index in [4.69, 9.17) is 9.05 Å². The first-order valence-corrected chi connectivity index (χ1v) is 20.3. The van der Waals surface area contributed by atoms with E-state index in [0.29, 0.717) is 34.3 Å². The number of phenols is 2. The number of aromatic hydroxyl groups is 2. The molecule has 0 bridgehead atoms. The van der Waals surface area contributed by atoms with Crippen molar-refractivity contribution in [3.05, 3.63) is 72.8 Å². The Morgan fingerprint density at radius 3 is 1.28 bits per heavy atom. The molecule has 3 aromatic carbocycles. The molecule has 250 valence electrons. The molecule has 0 amide bonds. The lowest BCUT2D eigenvalue weighted by atomic mass is 9.75. The fourth-order valence-electron chi connectivity index (χ4n) is 7.64. The minimum absolute atomic E-state index is 0.00615. The molecule has 0 heterocycles. The van der Waals surface area contributed by atoms with Crippen molar-refractivity contribution in [2.75, 3.05) is 0 Å². The van der Waals surface area contributed by atoms with E-state index in [9.17, 15) is 10.2 Å². The Hall–Kier alpha value is -2.36. The second kappa shape index (κ2) is 14.4. The van der Waals surface area contributed by atoms with Crippen molar-refractivity contribution in [3.63, 3.8) is 0 Å². The van der Waals surface area contributed by atoms with Crippen LogP contribution in [0, 0.1) is 35.5 Å². The molecule has 0 saturated heterocycles. The van der Waals surface area contributed by atoms with Gasteiger partial charge in [0, 0.05) is 10.6 Å². The summed E-state index contributed by atoms with van der Waals surface area (Å²) in [5, 5.41) is 24.4. The highest BCUT2D eigenvalue weighted by Crippen LogP contribution is 2.56. The van der Waals surface area contributed by atoms with Gasteiger partial charge in [-0.2, -0.15) is 0 Å². The summed E-state index contributed by atoms with van der Waals surface area (Å²) in [7, 11) is -7.82. The van der Waals surface area contributed by atoms with Gasteiger partial charge in [-0.05, 0) is 97.6 Å². The second-order valence-corrected chi connectivity index (χ2v) is 19.2. The molecule has 8 heteroatoms. The summed E-state index contributed by atoms with van der Waals surface area (Å²) in [6, 6.07) is 20.5. The van der Waals surface area contributed by atoms with Gasteiger partial charge in [0.2, 0.25) is 0 Å². The third-order valence-corrected chi connectivity index (χ3v) is 15.5. The molecule has 8 atom stereocenters. The van der Waals surface area contributed by atoms with Gasteiger partial charge in [0.25, 0.3) is 14.7 Å². The van der Waals surface area contributed by atoms with E-state index in [1.165, 1.54) is 12.1 Å². The maximum Gasteiger partial charge on any atom is 0.265 e. The standard InChI is InChI=1S/C38H52O6P2/c1-25(2)31-19-17-27(5)21-35(31)43-45(41,29-13-9-7-10-14-29)37-23-34(40)38(24-33(37)39)46(42,30-15-11-8-12-16-30)44-36-22-28(6)18-20-32(36)26(3)4/h7-16,23-28,31-32,35-36,39-40H,17-22H2,1-6H3/t27-,28-,31+,32+,35-,36-,45+,46+/m1/s1. The zero-order valence-corrected chi connectivity index (χ0v) is 30.0. The Balaban J connectivity index is 1.62. The van der Waals surface area contributed by atoms with E-state index in [1.807, 2.05) is 12.1 Å². The lowest BCUT2D eigenvalue weighted by Crippen LogP contribution is -2.36. The van der Waals surface area contributed by atoms with Crippen LogP contribution in [0.1, 0.15) is 80.1 Å². The van der Waals surface area contributed by atoms with Crippen LogP contribution in [-0.2, 0) is 18.2 Å². The molecule has 2 aliphatic carbocycles. The average Bonchev–Trinajstić information content (AvgIpc) is 3.02. The van der Waals surface area contributed by atoms with Crippen molar-refractivity contribution >= 4 is 36.0 Å². The maximum atomic E-state index is 15.2. The van der Waals surface area contributed by atoms with Crippen LogP contribution in [0.15, 0.2) is 72.8 Å². The van der Waals surface area contributed by atoms with E-state index in [-0.39, 0.29) is 46.2 Å². The number of hydrogen-bond acceptors (Lipinski definition) is 6. The molecular weight excluding hydrogens is 614 g/mol. The van der Waals surface area contributed by atoms with E-state index < -0.39 is 14.7 Å². The van der Waals surface area contributed by atoms with Crippen molar-refractivity contribution in [1.82, 2.24) is 0 Å². The van der Waals surface area contributed by atoms with Crippen LogP contribution in [0.4, 0.5) is 0 Å². The molecule has 2 saturated carbocycles. The van der Waals surface area contributed by atoms with Crippen LogP contribution in [0.2, 0.25) is 0 Å². The van der Waals surface area contributed by atoms with Gasteiger partial charge in [0.15, 0.2) is 0 Å². The van der Waals surface area contributed by atoms with Gasteiger partial charge in [-0.25, -0.2) is 0 Å². The molecule has 2 fully saturated rings. The average molecular weight is 667 g/mol. The topological polar surface area (TPSA) is 93.1 Å². The molecule has 46 heavy (non-hydrogen) atoms. The van der Waals surface area contributed by atoms with E-state index in [2.05, 4.69) is 41.5 Å². The lowest BCUT2D eigenvalue weighted by molar-refractivity contribution is 0.0509. The zero-order valence-electron chi connectivity index (χ0n) is 28.2. The summed E-state index contributed by atoms with van der Waals surface area (Å²) in [6.07, 6.45) is 5.09. The molecule has 0 aliphatic heterocycles. The van der Waals surface area contributed by atoms with Gasteiger partial charge in [0.1, 0.15) is 11.5 Å². The van der Waals surface area contributed by atoms with Crippen molar-refractivity contribution in [2.45, 2.75) is 92.3 Å². The number of rotatable bonds is 10. The smallest absolute Gasteiger partial charge is 0.265 e. The predicted octanol–water partition coefficient (Wildman–Crippen LogP) is 8.51. The van der Waals surface area contributed by atoms with Gasteiger partial charge in [-0.15, -0.1) is 0 Å². The highest BCUT2D eigenvalue weighted by molar-refractivity contribution is 7.75. The third kappa shape index (κ3) is 7.21. The molecule has 2 aliphatic rings. The van der Waals surface area contributed by atoms with Crippen LogP contribution in [0.3, 0.4) is 0 Å². The molecule has 0 radical (unpaired) electrons. The molecule has 6 nitrogen and oxygen atoms in total. The minimum atomic E-state index is -3.91. The summed E-state index contributed by atoms with van der Waals surface area (Å²) >= 11 is 0. The van der Waals surface area contributed by atoms with Crippen LogP contribution < -0.4 is 21.2 Å². The Morgan fingerprint density at radius 1 is 0.609 bits per heavy atom. The van der Waals surface area contributed by atoms with Crippen LogP contribution in [0.5, 0.6) is 11.5 Å². The largest absolute Gasteiger partial charge is 0.507 e. The second-order valence-electron chi connectivity index (χ2n) is 14.5. The summed E-state index contributed by atoms with van der Waals surface area (Å²) in [5.74, 6) is 1.25. The summed E-state index contributed by atoms with van der Waals surface area (Å²) < 4.78 is 43.9.